The highest BCUT2D eigenvalue weighted by Gasteiger charge is 2.26. The van der Waals surface area contributed by atoms with Crippen LogP contribution >= 0.6 is 0 Å². The van der Waals surface area contributed by atoms with Gasteiger partial charge >= 0.3 is 0 Å². The third-order valence-corrected chi connectivity index (χ3v) is 6.78. The maximum atomic E-state index is 6.50. The second kappa shape index (κ2) is 10.7. The van der Waals surface area contributed by atoms with E-state index in [-0.39, 0.29) is 0 Å². The number of hydrogen-bond acceptors (Lipinski definition) is 6. The van der Waals surface area contributed by atoms with Crippen LogP contribution in [0.4, 0.5) is 17.3 Å². The van der Waals surface area contributed by atoms with Crippen LogP contribution in [-0.2, 0) is 5.54 Å². The number of hydrogen-bond donors (Lipinski definition) is 1. The van der Waals surface area contributed by atoms with Crippen LogP contribution in [0.5, 0.6) is 0 Å². The van der Waals surface area contributed by atoms with E-state index in [1.807, 2.05) is 78.2 Å². The van der Waals surface area contributed by atoms with Gasteiger partial charge in [0.2, 0.25) is 5.95 Å². The van der Waals surface area contributed by atoms with Gasteiger partial charge in [0.05, 0.1) is 5.54 Å². The topological polar surface area (TPSA) is 80.8 Å². The van der Waals surface area contributed by atoms with E-state index in [2.05, 4.69) is 60.2 Å². The van der Waals surface area contributed by atoms with Crippen LogP contribution in [0, 0.1) is 0 Å². The summed E-state index contributed by atoms with van der Waals surface area (Å²) >= 11 is 0. The maximum absolute atomic E-state index is 6.50. The molecule has 37 heavy (non-hydrogen) atoms. The van der Waals surface area contributed by atoms with Crippen LogP contribution in [-0.4, -0.2) is 19.9 Å². The van der Waals surface area contributed by atoms with Crippen molar-refractivity contribution in [1.82, 2.24) is 19.9 Å². The SMILES string of the molecule is CCC(N)(CC)c1ncc(-c2ccccc2-c2cnc(N(c3ccccc3)c3ccccc3)nc2)cn1. The number of para-hydroxylation sites is 2. The predicted molar refractivity (Wildman–Crippen MR) is 150 cm³/mol. The number of anilines is 3. The molecular formula is C31H30N6. The first-order chi connectivity index (χ1) is 18.1. The van der Waals surface area contributed by atoms with Crippen LogP contribution < -0.4 is 10.6 Å². The molecule has 2 N–H and O–H groups in total. The lowest BCUT2D eigenvalue weighted by Gasteiger charge is -2.24. The molecule has 5 rings (SSSR count). The van der Waals surface area contributed by atoms with E-state index in [9.17, 15) is 0 Å². The Morgan fingerprint density at radius 3 is 1.43 bits per heavy atom. The highest BCUT2D eigenvalue weighted by atomic mass is 15.3. The van der Waals surface area contributed by atoms with Crippen molar-refractivity contribution >= 4 is 17.3 Å². The van der Waals surface area contributed by atoms with Gasteiger partial charge < -0.3 is 5.73 Å². The monoisotopic (exact) mass is 486 g/mol. The van der Waals surface area contributed by atoms with Gasteiger partial charge in [0.1, 0.15) is 5.82 Å². The highest BCUT2D eigenvalue weighted by molar-refractivity contribution is 5.82. The van der Waals surface area contributed by atoms with E-state index in [1.165, 1.54) is 0 Å². The van der Waals surface area contributed by atoms with Gasteiger partial charge in [-0.25, -0.2) is 19.9 Å². The van der Waals surface area contributed by atoms with E-state index in [4.69, 9.17) is 15.7 Å². The Bertz CT molecular complexity index is 1390. The Labute approximate surface area is 217 Å². The molecule has 6 nitrogen and oxygen atoms in total. The zero-order chi connectivity index (χ0) is 25.7. The molecule has 0 saturated carbocycles. The standard InChI is InChI=1S/C31H30N6/c1-3-31(32,4-2)29-33-19-23(20-34-29)27-17-11-12-18-28(27)24-21-35-30(36-22-24)37(25-13-7-5-8-14-25)26-15-9-6-10-16-26/h5-22H,3-4,32H2,1-2H3. The molecule has 6 heteroatoms. The van der Waals surface area contributed by atoms with E-state index in [1.54, 1.807) is 0 Å². The van der Waals surface area contributed by atoms with Crippen molar-refractivity contribution < 1.29 is 0 Å². The molecule has 0 aliphatic heterocycles. The Balaban J connectivity index is 1.50. The summed E-state index contributed by atoms with van der Waals surface area (Å²) in [7, 11) is 0. The van der Waals surface area contributed by atoms with Crippen LogP contribution in [0.3, 0.4) is 0 Å². The second-order valence-corrected chi connectivity index (χ2v) is 8.98. The maximum Gasteiger partial charge on any atom is 0.234 e. The normalized spacial score (nSPS) is 11.3. The Morgan fingerprint density at radius 1 is 0.595 bits per heavy atom. The summed E-state index contributed by atoms with van der Waals surface area (Å²) in [6, 6.07) is 28.4. The molecule has 0 radical (unpaired) electrons. The predicted octanol–water partition coefficient (Wildman–Crippen LogP) is 7.04. The minimum atomic E-state index is -0.509. The second-order valence-electron chi connectivity index (χ2n) is 8.98. The average molecular weight is 487 g/mol. The molecular weight excluding hydrogens is 456 g/mol. The molecule has 0 atom stereocenters. The number of nitrogens with two attached hydrogens (primary N) is 1. The molecule has 0 unspecified atom stereocenters. The van der Waals surface area contributed by atoms with E-state index in [0.717, 1.165) is 46.5 Å². The minimum absolute atomic E-state index is 0.509. The number of aromatic nitrogens is 4. The summed E-state index contributed by atoms with van der Waals surface area (Å²) < 4.78 is 0. The minimum Gasteiger partial charge on any atom is -0.319 e. The van der Waals surface area contributed by atoms with Gasteiger partial charge in [0.15, 0.2) is 0 Å². The van der Waals surface area contributed by atoms with Crippen molar-refractivity contribution in [3.63, 3.8) is 0 Å². The third kappa shape index (κ3) is 4.97. The molecule has 0 aliphatic rings. The summed E-state index contributed by atoms with van der Waals surface area (Å²) in [5.74, 6) is 1.28. The lowest BCUT2D eigenvalue weighted by Crippen LogP contribution is -2.37. The van der Waals surface area contributed by atoms with E-state index >= 15 is 0 Å². The first kappa shape index (κ1) is 24.3. The molecule has 2 heterocycles. The molecule has 0 aliphatic carbocycles. The first-order valence-corrected chi connectivity index (χ1v) is 12.6. The lowest BCUT2D eigenvalue weighted by atomic mass is 9.93. The fourth-order valence-electron chi connectivity index (χ4n) is 4.39. The van der Waals surface area contributed by atoms with Gasteiger partial charge in [-0.1, -0.05) is 74.5 Å². The summed E-state index contributed by atoms with van der Waals surface area (Å²) in [5.41, 5.74) is 11.9. The van der Waals surface area contributed by atoms with Crippen molar-refractivity contribution in [2.75, 3.05) is 4.90 Å². The first-order valence-electron chi connectivity index (χ1n) is 12.6. The molecule has 2 aromatic heterocycles. The third-order valence-electron chi connectivity index (χ3n) is 6.78. The van der Waals surface area contributed by atoms with Crippen molar-refractivity contribution in [2.24, 2.45) is 5.73 Å². The van der Waals surface area contributed by atoms with Crippen molar-refractivity contribution in [2.45, 2.75) is 32.2 Å². The van der Waals surface area contributed by atoms with Crippen molar-refractivity contribution in [1.29, 1.82) is 0 Å². The molecule has 5 aromatic rings. The number of benzene rings is 3. The summed E-state index contributed by atoms with van der Waals surface area (Å²) in [5, 5.41) is 0. The molecule has 0 spiro atoms. The van der Waals surface area contributed by atoms with Gasteiger partial charge in [0, 0.05) is 47.3 Å². The molecule has 0 saturated heterocycles. The Hall–Kier alpha value is -4.42. The van der Waals surface area contributed by atoms with Gasteiger partial charge in [0.25, 0.3) is 0 Å². The fourth-order valence-corrected chi connectivity index (χ4v) is 4.39. The quantitative estimate of drug-likeness (QED) is 0.253. The summed E-state index contributed by atoms with van der Waals surface area (Å²) in [4.78, 5) is 20.9. The fraction of sp³-hybridized carbons (Fsp3) is 0.161. The number of nitrogens with zero attached hydrogens (tertiary/aromatic N) is 5. The summed E-state index contributed by atoms with van der Waals surface area (Å²) in [6.07, 6.45) is 9.02. The molecule has 0 amide bonds. The van der Waals surface area contributed by atoms with Gasteiger partial charge in [-0.2, -0.15) is 0 Å². The van der Waals surface area contributed by atoms with Gasteiger partial charge in [-0.3, -0.25) is 4.90 Å². The Kier molecular flexibility index (Phi) is 7.01. The van der Waals surface area contributed by atoms with Crippen LogP contribution in [0.2, 0.25) is 0 Å². The summed E-state index contributed by atoms with van der Waals surface area (Å²) in [6.45, 7) is 4.13. The molecule has 184 valence electrons. The smallest absolute Gasteiger partial charge is 0.234 e. The van der Waals surface area contributed by atoms with Crippen LogP contribution in [0.1, 0.15) is 32.5 Å². The Morgan fingerprint density at radius 2 is 1.00 bits per heavy atom. The number of rotatable bonds is 8. The molecule has 3 aromatic carbocycles. The van der Waals surface area contributed by atoms with Crippen molar-refractivity contribution in [3.8, 4) is 22.3 Å². The van der Waals surface area contributed by atoms with E-state index in [0.29, 0.717) is 11.8 Å². The van der Waals surface area contributed by atoms with Gasteiger partial charge in [-0.05, 0) is 48.2 Å². The molecule has 0 fully saturated rings. The van der Waals surface area contributed by atoms with Gasteiger partial charge in [-0.15, -0.1) is 0 Å². The average Bonchev–Trinajstić information content (AvgIpc) is 2.98. The van der Waals surface area contributed by atoms with Crippen LogP contribution in [0.25, 0.3) is 22.3 Å². The van der Waals surface area contributed by atoms with E-state index < -0.39 is 5.54 Å². The zero-order valence-electron chi connectivity index (χ0n) is 21.1. The molecule has 0 bridgehead atoms. The zero-order valence-corrected chi connectivity index (χ0v) is 21.1. The highest BCUT2D eigenvalue weighted by Crippen LogP contribution is 2.34. The largest absolute Gasteiger partial charge is 0.319 e. The lowest BCUT2D eigenvalue weighted by molar-refractivity contribution is 0.387. The van der Waals surface area contributed by atoms with Crippen LogP contribution in [0.15, 0.2) is 110 Å². The van der Waals surface area contributed by atoms with Crippen molar-refractivity contribution in [3.05, 3.63) is 116 Å².